The predicted molar refractivity (Wildman–Crippen MR) is 84.5 cm³/mol. The fourth-order valence-corrected chi connectivity index (χ4v) is 2.40. The van der Waals surface area contributed by atoms with Gasteiger partial charge < -0.3 is 4.90 Å². The zero-order valence-corrected chi connectivity index (χ0v) is 13.4. The van der Waals surface area contributed by atoms with Crippen LogP contribution < -0.4 is 5.32 Å². The first-order valence-corrected chi connectivity index (χ1v) is 7.47. The fraction of sp³-hybridized carbons (Fsp3) is 0.588. The first-order valence-electron chi connectivity index (χ1n) is 7.47. The van der Waals surface area contributed by atoms with Gasteiger partial charge in [0.15, 0.2) is 0 Å². The summed E-state index contributed by atoms with van der Waals surface area (Å²) in [6, 6.07) is 10.5. The van der Waals surface area contributed by atoms with Crippen molar-refractivity contribution in [1.29, 1.82) is 0 Å². The summed E-state index contributed by atoms with van der Waals surface area (Å²) >= 11 is 0. The maximum Gasteiger partial charge on any atom is 0.239 e. The molecule has 0 spiro atoms. The molecule has 1 aromatic carbocycles. The second-order valence-corrected chi connectivity index (χ2v) is 5.95. The number of amides is 1. The van der Waals surface area contributed by atoms with Gasteiger partial charge in [-0.05, 0) is 24.3 Å². The predicted octanol–water partition coefficient (Wildman–Crippen LogP) is 3.23. The van der Waals surface area contributed by atoms with E-state index in [4.69, 9.17) is 0 Å². The van der Waals surface area contributed by atoms with Gasteiger partial charge in [0.1, 0.15) is 0 Å². The van der Waals surface area contributed by atoms with Crippen molar-refractivity contribution < 1.29 is 4.79 Å². The van der Waals surface area contributed by atoms with Gasteiger partial charge in [-0.15, -0.1) is 0 Å². The van der Waals surface area contributed by atoms with Gasteiger partial charge in [0.25, 0.3) is 0 Å². The lowest BCUT2D eigenvalue weighted by atomic mass is 9.98. The maximum atomic E-state index is 12.3. The average molecular weight is 276 g/mol. The standard InChI is InChI=1S/C17H28N2O/c1-6-15(14-10-8-7-9-11-14)18-16(12-13(2)3)17(20)19(4)5/h7-11,13,15-16,18H,6,12H2,1-5H3. The van der Waals surface area contributed by atoms with Crippen molar-refractivity contribution in [2.45, 2.75) is 45.7 Å². The van der Waals surface area contributed by atoms with Gasteiger partial charge in [0.05, 0.1) is 6.04 Å². The third-order valence-electron chi connectivity index (χ3n) is 3.46. The van der Waals surface area contributed by atoms with Crippen molar-refractivity contribution in [2.24, 2.45) is 5.92 Å². The Kier molecular flexibility index (Phi) is 6.73. The maximum absolute atomic E-state index is 12.3. The first-order chi connectivity index (χ1) is 9.45. The van der Waals surface area contributed by atoms with Crippen molar-refractivity contribution in [2.75, 3.05) is 14.1 Å². The third kappa shape index (κ3) is 4.97. The van der Waals surface area contributed by atoms with Crippen LogP contribution in [0.4, 0.5) is 0 Å². The van der Waals surface area contributed by atoms with E-state index >= 15 is 0 Å². The molecular formula is C17H28N2O. The van der Waals surface area contributed by atoms with Crippen molar-refractivity contribution in [3.8, 4) is 0 Å². The molecule has 0 aliphatic carbocycles. The molecule has 0 aliphatic rings. The molecule has 0 radical (unpaired) electrons. The quantitative estimate of drug-likeness (QED) is 0.829. The summed E-state index contributed by atoms with van der Waals surface area (Å²) in [6.45, 7) is 6.46. The number of hydrogen-bond donors (Lipinski definition) is 1. The van der Waals surface area contributed by atoms with E-state index in [0.29, 0.717) is 5.92 Å². The Labute approximate surface area is 123 Å². The molecule has 1 amide bonds. The second kappa shape index (κ2) is 8.05. The van der Waals surface area contributed by atoms with Gasteiger partial charge in [-0.1, -0.05) is 51.1 Å². The van der Waals surface area contributed by atoms with Gasteiger partial charge in [-0.2, -0.15) is 0 Å². The summed E-state index contributed by atoms with van der Waals surface area (Å²) in [5.41, 5.74) is 1.25. The van der Waals surface area contributed by atoms with E-state index in [2.05, 4.69) is 38.2 Å². The number of benzene rings is 1. The molecule has 112 valence electrons. The van der Waals surface area contributed by atoms with Crippen LogP contribution in [0.5, 0.6) is 0 Å². The average Bonchev–Trinajstić information content (AvgIpc) is 2.43. The Morgan fingerprint density at radius 1 is 1.20 bits per heavy atom. The SMILES string of the molecule is CCC(NC(CC(C)C)C(=O)N(C)C)c1ccccc1. The Morgan fingerprint density at radius 3 is 2.25 bits per heavy atom. The first kappa shape index (κ1) is 16.7. The number of rotatable bonds is 7. The van der Waals surface area contributed by atoms with Crippen LogP contribution in [0.15, 0.2) is 30.3 Å². The van der Waals surface area contributed by atoms with Crippen LogP contribution in [0.2, 0.25) is 0 Å². The molecule has 0 heterocycles. The Bertz CT molecular complexity index is 401. The minimum atomic E-state index is -0.116. The molecule has 1 N–H and O–H groups in total. The van der Waals surface area contributed by atoms with E-state index in [1.807, 2.05) is 32.3 Å². The summed E-state index contributed by atoms with van der Waals surface area (Å²) in [5, 5.41) is 3.54. The van der Waals surface area contributed by atoms with Gasteiger partial charge in [0.2, 0.25) is 5.91 Å². The van der Waals surface area contributed by atoms with E-state index in [1.54, 1.807) is 4.90 Å². The molecule has 2 atom stereocenters. The number of carbonyl (C=O) groups excluding carboxylic acids is 1. The van der Waals surface area contributed by atoms with E-state index < -0.39 is 0 Å². The molecule has 1 aromatic rings. The Balaban J connectivity index is 2.83. The van der Waals surface area contributed by atoms with Crippen LogP contribution in [0.3, 0.4) is 0 Å². The highest BCUT2D eigenvalue weighted by Crippen LogP contribution is 2.19. The molecule has 0 aliphatic heterocycles. The van der Waals surface area contributed by atoms with Gasteiger partial charge in [-0.3, -0.25) is 10.1 Å². The monoisotopic (exact) mass is 276 g/mol. The summed E-state index contributed by atoms with van der Waals surface area (Å²) in [4.78, 5) is 14.0. The molecule has 2 unspecified atom stereocenters. The molecule has 0 saturated heterocycles. The van der Waals surface area contributed by atoms with Crippen LogP contribution in [-0.4, -0.2) is 30.9 Å². The molecule has 1 rings (SSSR count). The molecule has 0 aromatic heterocycles. The number of carbonyl (C=O) groups is 1. The lowest BCUT2D eigenvalue weighted by molar-refractivity contribution is -0.131. The number of nitrogens with one attached hydrogen (secondary N) is 1. The lowest BCUT2D eigenvalue weighted by Gasteiger charge is -2.28. The van der Waals surface area contributed by atoms with Crippen LogP contribution in [0.25, 0.3) is 0 Å². The minimum absolute atomic E-state index is 0.116. The summed E-state index contributed by atoms with van der Waals surface area (Å²) < 4.78 is 0. The van der Waals surface area contributed by atoms with Gasteiger partial charge in [0, 0.05) is 20.1 Å². The van der Waals surface area contributed by atoms with Crippen LogP contribution >= 0.6 is 0 Å². The largest absolute Gasteiger partial charge is 0.347 e. The van der Waals surface area contributed by atoms with Crippen molar-refractivity contribution in [3.63, 3.8) is 0 Å². The zero-order valence-electron chi connectivity index (χ0n) is 13.4. The fourth-order valence-electron chi connectivity index (χ4n) is 2.40. The molecule has 0 fully saturated rings. The molecular weight excluding hydrogens is 248 g/mol. The van der Waals surface area contributed by atoms with Crippen LogP contribution in [0.1, 0.15) is 45.2 Å². The van der Waals surface area contributed by atoms with Gasteiger partial charge in [-0.25, -0.2) is 0 Å². The highest BCUT2D eigenvalue weighted by molar-refractivity contribution is 5.81. The minimum Gasteiger partial charge on any atom is -0.347 e. The van der Waals surface area contributed by atoms with E-state index in [-0.39, 0.29) is 18.0 Å². The summed E-state index contributed by atoms with van der Waals surface area (Å²) in [5.74, 6) is 0.651. The summed E-state index contributed by atoms with van der Waals surface area (Å²) in [6.07, 6.45) is 1.83. The molecule has 0 bridgehead atoms. The summed E-state index contributed by atoms with van der Waals surface area (Å²) in [7, 11) is 3.64. The van der Waals surface area contributed by atoms with E-state index in [9.17, 15) is 4.79 Å². The smallest absolute Gasteiger partial charge is 0.239 e. The second-order valence-electron chi connectivity index (χ2n) is 5.95. The normalized spacial score (nSPS) is 14.1. The van der Waals surface area contributed by atoms with Gasteiger partial charge >= 0.3 is 0 Å². The highest BCUT2D eigenvalue weighted by atomic mass is 16.2. The van der Waals surface area contributed by atoms with E-state index in [0.717, 1.165) is 12.8 Å². The van der Waals surface area contributed by atoms with Crippen LogP contribution in [-0.2, 0) is 4.79 Å². The number of hydrogen-bond acceptors (Lipinski definition) is 2. The van der Waals surface area contributed by atoms with Crippen LogP contribution in [0, 0.1) is 5.92 Å². The van der Waals surface area contributed by atoms with Crippen molar-refractivity contribution in [3.05, 3.63) is 35.9 Å². The van der Waals surface area contributed by atoms with Crippen molar-refractivity contribution >= 4 is 5.91 Å². The van der Waals surface area contributed by atoms with E-state index in [1.165, 1.54) is 5.56 Å². The lowest BCUT2D eigenvalue weighted by Crippen LogP contribution is -2.45. The Hall–Kier alpha value is -1.35. The molecule has 0 saturated carbocycles. The molecule has 3 nitrogen and oxygen atoms in total. The third-order valence-corrected chi connectivity index (χ3v) is 3.46. The molecule has 20 heavy (non-hydrogen) atoms. The van der Waals surface area contributed by atoms with Crippen molar-refractivity contribution in [1.82, 2.24) is 10.2 Å². The molecule has 3 heteroatoms. The highest BCUT2D eigenvalue weighted by Gasteiger charge is 2.24. The topological polar surface area (TPSA) is 32.3 Å². The number of likely N-dealkylation sites (N-methyl/N-ethyl adjacent to an activating group) is 1. The Morgan fingerprint density at radius 2 is 1.80 bits per heavy atom. The number of nitrogens with zero attached hydrogens (tertiary/aromatic N) is 1. The zero-order chi connectivity index (χ0) is 15.1.